The molecule has 0 atom stereocenters. The first-order valence-electron chi connectivity index (χ1n) is 8.42. The lowest BCUT2D eigenvalue weighted by atomic mass is 9.94. The molecule has 2 heterocycles. The molecule has 1 aliphatic carbocycles. The van der Waals surface area contributed by atoms with Crippen LogP contribution in [0.2, 0.25) is 5.02 Å². The average Bonchev–Trinajstić information content (AvgIpc) is 2.62. The van der Waals surface area contributed by atoms with Crippen molar-refractivity contribution >= 4 is 23.3 Å². The zero-order valence-corrected chi connectivity index (χ0v) is 14.4. The molecule has 1 amide bonds. The van der Waals surface area contributed by atoms with E-state index in [0.29, 0.717) is 42.9 Å². The second-order valence-corrected chi connectivity index (χ2v) is 6.74. The maximum atomic E-state index is 12.5. The van der Waals surface area contributed by atoms with E-state index < -0.39 is 0 Å². The Morgan fingerprint density at radius 1 is 1.30 bits per heavy atom. The fraction of sp³-hybridized carbons (Fsp3) is 0.647. The predicted octanol–water partition coefficient (Wildman–Crippen LogP) is 2.98. The van der Waals surface area contributed by atoms with Crippen LogP contribution in [0.15, 0.2) is 12.3 Å². The predicted molar refractivity (Wildman–Crippen MR) is 91.2 cm³/mol. The lowest BCUT2D eigenvalue weighted by Crippen LogP contribution is -2.40. The lowest BCUT2D eigenvalue weighted by molar-refractivity contribution is 0.0302. The zero-order valence-electron chi connectivity index (χ0n) is 13.6. The van der Waals surface area contributed by atoms with Crippen LogP contribution < -0.4 is 4.90 Å². The van der Waals surface area contributed by atoms with E-state index in [1.807, 2.05) is 7.05 Å². The van der Waals surface area contributed by atoms with E-state index in [0.717, 1.165) is 5.82 Å². The molecule has 1 aromatic heterocycles. The van der Waals surface area contributed by atoms with Crippen LogP contribution in [-0.4, -0.2) is 55.2 Å². The molecule has 2 aliphatic rings. The number of amides is 1. The van der Waals surface area contributed by atoms with Crippen molar-refractivity contribution in [1.29, 1.82) is 0 Å². The van der Waals surface area contributed by atoms with E-state index in [1.165, 1.54) is 32.1 Å². The number of anilines is 1. The molecule has 1 saturated heterocycles. The summed E-state index contributed by atoms with van der Waals surface area (Å²) in [7, 11) is 2.05. The van der Waals surface area contributed by atoms with Crippen molar-refractivity contribution in [3.63, 3.8) is 0 Å². The van der Waals surface area contributed by atoms with Gasteiger partial charge in [0.05, 0.1) is 23.8 Å². The number of ether oxygens (including phenoxy) is 1. The Kier molecular flexibility index (Phi) is 5.38. The van der Waals surface area contributed by atoms with Gasteiger partial charge in [-0.3, -0.25) is 4.79 Å². The van der Waals surface area contributed by atoms with E-state index in [-0.39, 0.29) is 5.91 Å². The molecule has 1 saturated carbocycles. The monoisotopic (exact) mass is 337 g/mol. The Labute approximate surface area is 142 Å². The number of hydrogen-bond acceptors (Lipinski definition) is 4. The highest BCUT2D eigenvalue weighted by atomic mass is 35.5. The second kappa shape index (κ2) is 7.49. The summed E-state index contributed by atoms with van der Waals surface area (Å²) in [5.74, 6) is 0.756. The smallest absolute Gasteiger partial charge is 0.255 e. The van der Waals surface area contributed by atoms with Gasteiger partial charge >= 0.3 is 0 Å². The van der Waals surface area contributed by atoms with Crippen LogP contribution in [-0.2, 0) is 4.74 Å². The van der Waals surface area contributed by atoms with Gasteiger partial charge in [-0.2, -0.15) is 0 Å². The molecule has 3 rings (SSSR count). The van der Waals surface area contributed by atoms with Gasteiger partial charge in [-0.25, -0.2) is 4.98 Å². The van der Waals surface area contributed by atoms with Gasteiger partial charge in [-0.1, -0.05) is 30.9 Å². The van der Waals surface area contributed by atoms with Crippen LogP contribution in [0.1, 0.15) is 42.5 Å². The number of carbonyl (C=O) groups excluding carboxylic acids is 1. The highest BCUT2D eigenvalue weighted by Gasteiger charge is 2.23. The summed E-state index contributed by atoms with van der Waals surface area (Å²) in [5, 5.41) is 0.553. The molecule has 0 N–H and O–H groups in total. The Hall–Kier alpha value is -1.33. The molecule has 1 aromatic rings. The number of hydrogen-bond donors (Lipinski definition) is 0. The molecule has 0 spiro atoms. The van der Waals surface area contributed by atoms with Gasteiger partial charge in [0.2, 0.25) is 0 Å². The van der Waals surface area contributed by atoms with Crippen molar-refractivity contribution < 1.29 is 9.53 Å². The first kappa shape index (κ1) is 16.5. The van der Waals surface area contributed by atoms with Gasteiger partial charge in [-0.05, 0) is 18.9 Å². The summed E-state index contributed by atoms with van der Waals surface area (Å²) in [6.07, 6.45) is 7.86. The maximum Gasteiger partial charge on any atom is 0.255 e. The number of halogens is 1. The van der Waals surface area contributed by atoms with Crippen LogP contribution in [0, 0.1) is 0 Å². The molecule has 126 valence electrons. The third kappa shape index (κ3) is 3.78. The molecule has 0 aromatic carbocycles. The van der Waals surface area contributed by atoms with E-state index in [9.17, 15) is 4.79 Å². The summed E-state index contributed by atoms with van der Waals surface area (Å²) < 4.78 is 5.28. The Bertz CT molecular complexity index is 555. The minimum atomic E-state index is -0.0189. The van der Waals surface area contributed by atoms with Gasteiger partial charge in [0.1, 0.15) is 5.82 Å². The number of nitrogens with zero attached hydrogens (tertiary/aromatic N) is 3. The summed E-state index contributed by atoms with van der Waals surface area (Å²) >= 11 is 6.43. The fourth-order valence-corrected chi connectivity index (χ4v) is 3.70. The summed E-state index contributed by atoms with van der Waals surface area (Å²) in [6, 6.07) is 2.25. The molecule has 1 aliphatic heterocycles. The topological polar surface area (TPSA) is 45.7 Å². The molecular weight excluding hydrogens is 314 g/mol. The minimum Gasteiger partial charge on any atom is -0.378 e. The van der Waals surface area contributed by atoms with E-state index >= 15 is 0 Å². The van der Waals surface area contributed by atoms with Gasteiger partial charge in [-0.15, -0.1) is 0 Å². The standard InChI is InChI=1S/C17H24ClN3O2/c1-20(14-5-3-2-4-6-14)16-15(18)11-13(12-19-16)17(22)21-7-9-23-10-8-21/h11-12,14H,2-10H2,1H3. The Morgan fingerprint density at radius 2 is 2.00 bits per heavy atom. The third-order valence-electron chi connectivity index (χ3n) is 4.82. The van der Waals surface area contributed by atoms with Crippen molar-refractivity contribution in [2.75, 3.05) is 38.3 Å². The Balaban J connectivity index is 1.73. The van der Waals surface area contributed by atoms with Crippen molar-refractivity contribution in [3.05, 3.63) is 22.8 Å². The summed E-state index contributed by atoms with van der Waals surface area (Å²) in [4.78, 5) is 20.9. The molecule has 5 nitrogen and oxygen atoms in total. The molecule has 0 bridgehead atoms. The van der Waals surface area contributed by atoms with Crippen LogP contribution in [0.3, 0.4) is 0 Å². The first-order chi connectivity index (χ1) is 11.2. The van der Waals surface area contributed by atoms with Crippen molar-refractivity contribution in [2.45, 2.75) is 38.1 Å². The highest BCUT2D eigenvalue weighted by molar-refractivity contribution is 6.33. The van der Waals surface area contributed by atoms with Crippen LogP contribution in [0.5, 0.6) is 0 Å². The summed E-state index contributed by atoms with van der Waals surface area (Å²) in [5.41, 5.74) is 0.553. The minimum absolute atomic E-state index is 0.0189. The highest BCUT2D eigenvalue weighted by Crippen LogP contribution is 2.30. The molecule has 2 fully saturated rings. The Morgan fingerprint density at radius 3 is 2.65 bits per heavy atom. The number of morpholine rings is 1. The fourth-order valence-electron chi connectivity index (χ4n) is 3.40. The lowest BCUT2D eigenvalue weighted by Gasteiger charge is -2.32. The zero-order chi connectivity index (χ0) is 16.2. The van der Waals surface area contributed by atoms with Gasteiger partial charge in [0.15, 0.2) is 0 Å². The number of aromatic nitrogens is 1. The average molecular weight is 338 g/mol. The molecule has 6 heteroatoms. The first-order valence-corrected chi connectivity index (χ1v) is 8.80. The van der Waals surface area contributed by atoms with Crippen LogP contribution in [0.4, 0.5) is 5.82 Å². The SMILES string of the molecule is CN(c1ncc(C(=O)N2CCOCC2)cc1Cl)C1CCCCC1. The van der Waals surface area contributed by atoms with Crippen molar-refractivity contribution in [2.24, 2.45) is 0 Å². The van der Waals surface area contributed by atoms with E-state index in [1.54, 1.807) is 17.2 Å². The van der Waals surface area contributed by atoms with E-state index in [2.05, 4.69) is 9.88 Å². The third-order valence-corrected chi connectivity index (χ3v) is 5.10. The normalized spacial score (nSPS) is 19.7. The van der Waals surface area contributed by atoms with Gasteiger partial charge in [0, 0.05) is 32.4 Å². The van der Waals surface area contributed by atoms with Crippen molar-refractivity contribution in [3.8, 4) is 0 Å². The quantitative estimate of drug-likeness (QED) is 0.850. The number of carbonyl (C=O) groups is 1. The molecular formula is C17H24ClN3O2. The molecule has 0 unspecified atom stereocenters. The van der Waals surface area contributed by atoms with Crippen LogP contribution >= 0.6 is 11.6 Å². The summed E-state index contributed by atoms with van der Waals surface area (Å²) in [6.45, 7) is 2.44. The second-order valence-electron chi connectivity index (χ2n) is 6.34. The van der Waals surface area contributed by atoms with Gasteiger partial charge < -0.3 is 14.5 Å². The molecule has 0 radical (unpaired) electrons. The van der Waals surface area contributed by atoms with E-state index in [4.69, 9.17) is 16.3 Å². The van der Waals surface area contributed by atoms with Crippen molar-refractivity contribution in [1.82, 2.24) is 9.88 Å². The number of rotatable bonds is 3. The molecule has 23 heavy (non-hydrogen) atoms. The number of pyridine rings is 1. The van der Waals surface area contributed by atoms with Crippen LogP contribution in [0.25, 0.3) is 0 Å². The van der Waals surface area contributed by atoms with Gasteiger partial charge in [0.25, 0.3) is 5.91 Å². The largest absolute Gasteiger partial charge is 0.378 e. The maximum absolute atomic E-state index is 12.5.